The zero-order chi connectivity index (χ0) is 16.4. The molecule has 0 aliphatic heterocycles. The number of aromatic nitrogens is 4. The number of anilines is 2. The second-order valence-electron chi connectivity index (χ2n) is 5.62. The second-order valence-corrected chi connectivity index (χ2v) is 5.62. The number of nitrogens with one attached hydrogen (secondary N) is 1. The summed E-state index contributed by atoms with van der Waals surface area (Å²) in [5.74, 6) is 1.44. The molecule has 0 aliphatic carbocycles. The molecule has 0 radical (unpaired) electrons. The highest BCUT2D eigenvalue weighted by Crippen LogP contribution is 2.23. The maximum absolute atomic E-state index is 4.72. The normalized spacial score (nSPS) is 10.8. The Bertz CT molecular complexity index is 821. The van der Waals surface area contributed by atoms with E-state index in [1.807, 2.05) is 57.2 Å². The minimum absolute atomic E-state index is 0.601. The molecule has 0 bridgehead atoms. The topological polar surface area (TPSA) is 55.6 Å². The number of rotatable bonds is 4. The van der Waals surface area contributed by atoms with Crippen LogP contribution in [0.2, 0.25) is 0 Å². The van der Waals surface area contributed by atoms with Crippen molar-refractivity contribution in [2.75, 3.05) is 5.32 Å². The largest absolute Gasteiger partial charge is 0.340 e. The molecular formula is C18H21N5. The Hall–Kier alpha value is -2.69. The van der Waals surface area contributed by atoms with E-state index < -0.39 is 0 Å². The van der Waals surface area contributed by atoms with Crippen molar-refractivity contribution in [3.05, 3.63) is 59.0 Å². The number of aryl methyl sites for hydroxylation is 3. The van der Waals surface area contributed by atoms with Crippen LogP contribution in [0.3, 0.4) is 0 Å². The predicted molar refractivity (Wildman–Crippen MR) is 92.5 cm³/mol. The Morgan fingerprint density at radius 1 is 1.04 bits per heavy atom. The lowest BCUT2D eigenvalue weighted by Crippen LogP contribution is -2.11. The first-order valence-electron chi connectivity index (χ1n) is 7.81. The summed E-state index contributed by atoms with van der Waals surface area (Å²) in [4.78, 5) is 9.36. The van der Waals surface area contributed by atoms with Crippen LogP contribution in [0.15, 0.2) is 36.4 Å². The molecule has 23 heavy (non-hydrogen) atoms. The lowest BCUT2D eigenvalue weighted by atomic mass is 10.1. The zero-order valence-corrected chi connectivity index (χ0v) is 14.0. The Morgan fingerprint density at radius 3 is 2.39 bits per heavy atom. The third kappa shape index (κ3) is 3.08. The number of benzene rings is 1. The third-order valence-electron chi connectivity index (χ3n) is 3.79. The van der Waals surface area contributed by atoms with Crippen LogP contribution in [0.5, 0.6) is 0 Å². The highest BCUT2D eigenvalue weighted by molar-refractivity contribution is 5.60. The summed E-state index contributed by atoms with van der Waals surface area (Å²) in [6, 6.07) is 12.1. The minimum atomic E-state index is 0.601. The number of nitrogens with zero attached hydrogens (tertiary/aromatic N) is 4. The first kappa shape index (κ1) is 15.2. The Kier molecular flexibility index (Phi) is 4.10. The number of hydrogen-bond acceptors (Lipinski definition) is 4. The molecule has 3 aromatic rings. The molecule has 0 amide bonds. The van der Waals surface area contributed by atoms with Crippen LogP contribution in [0.1, 0.15) is 29.6 Å². The molecule has 5 heteroatoms. The van der Waals surface area contributed by atoms with Gasteiger partial charge in [0.25, 0.3) is 5.95 Å². The van der Waals surface area contributed by atoms with Crippen molar-refractivity contribution < 1.29 is 0 Å². The molecule has 2 aromatic heterocycles. The average molecular weight is 307 g/mol. The summed E-state index contributed by atoms with van der Waals surface area (Å²) in [6.45, 7) is 8.12. The van der Waals surface area contributed by atoms with Gasteiger partial charge in [-0.3, -0.25) is 0 Å². The zero-order valence-electron chi connectivity index (χ0n) is 14.0. The highest BCUT2D eigenvalue weighted by Gasteiger charge is 2.14. The molecule has 0 aliphatic rings. The van der Waals surface area contributed by atoms with Gasteiger partial charge >= 0.3 is 0 Å². The van der Waals surface area contributed by atoms with Gasteiger partial charge in [0, 0.05) is 22.6 Å². The first-order chi connectivity index (χ1) is 11.1. The molecule has 118 valence electrons. The monoisotopic (exact) mass is 307 g/mol. The van der Waals surface area contributed by atoms with Gasteiger partial charge in [0.1, 0.15) is 5.82 Å². The number of para-hydroxylation sites is 1. The van der Waals surface area contributed by atoms with E-state index in [1.54, 1.807) is 4.68 Å². The molecule has 0 fully saturated rings. The van der Waals surface area contributed by atoms with Crippen LogP contribution in [0, 0.1) is 20.8 Å². The van der Waals surface area contributed by atoms with E-state index in [1.165, 1.54) is 0 Å². The van der Waals surface area contributed by atoms with Crippen LogP contribution < -0.4 is 5.32 Å². The van der Waals surface area contributed by atoms with Gasteiger partial charge in [-0.05, 0) is 45.4 Å². The van der Waals surface area contributed by atoms with Gasteiger partial charge in [-0.15, -0.1) is 0 Å². The predicted octanol–water partition coefficient (Wildman–Crippen LogP) is 3.89. The van der Waals surface area contributed by atoms with Gasteiger partial charge in [0.05, 0.1) is 5.69 Å². The molecule has 0 atom stereocenters. The second kappa shape index (κ2) is 6.20. The average Bonchev–Trinajstić information content (AvgIpc) is 2.87. The fourth-order valence-corrected chi connectivity index (χ4v) is 2.69. The minimum Gasteiger partial charge on any atom is -0.340 e. The van der Waals surface area contributed by atoms with Crippen LogP contribution in [-0.2, 0) is 6.42 Å². The van der Waals surface area contributed by atoms with Crippen molar-refractivity contribution in [1.82, 2.24) is 19.7 Å². The molecule has 0 spiro atoms. The Labute approximate surface area is 136 Å². The molecule has 0 saturated heterocycles. The maximum atomic E-state index is 4.72. The van der Waals surface area contributed by atoms with E-state index in [4.69, 9.17) is 4.98 Å². The van der Waals surface area contributed by atoms with Gasteiger partial charge in [0.2, 0.25) is 0 Å². The quantitative estimate of drug-likeness (QED) is 0.794. The van der Waals surface area contributed by atoms with Crippen LogP contribution >= 0.6 is 0 Å². The van der Waals surface area contributed by atoms with Crippen LogP contribution in [0.4, 0.5) is 11.5 Å². The molecular weight excluding hydrogens is 286 g/mol. The summed E-state index contributed by atoms with van der Waals surface area (Å²) in [6.07, 6.45) is 0.873. The standard InChI is InChI=1S/C18H21N5/c1-5-16-14(4)19-18(23-13(3)11-12(2)22-23)21-17(16)20-15-9-7-6-8-10-15/h6-11H,5H2,1-4H3,(H,19,20,21). The highest BCUT2D eigenvalue weighted by atomic mass is 15.4. The van der Waals surface area contributed by atoms with Gasteiger partial charge < -0.3 is 5.32 Å². The molecule has 5 nitrogen and oxygen atoms in total. The van der Waals surface area contributed by atoms with E-state index in [0.29, 0.717) is 5.95 Å². The molecule has 0 saturated carbocycles. The first-order valence-corrected chi connectivity index (χ1v) is 7.81. The van der Waals surface area contributed by atoms with E-state index in [9.17, 15) is 0 Å². The Balaban J connectivity index is 2.08. The SMILES string of the molecule is CCc1c(C)nc(-n2nc(C)cc2C)nc1Nc1ccccc1. The van der Waals surface area contributed by atoms with E-state index >= 15 is 0 Å². The molecule has 0 unspecified atom stereocenters. The fourth-order valence-electron chi connectivity index (χ4n) is 2.69. The van der Waals surface area contributed by atoms with Crippen molar-refractivity contribution in [2.24, 2.45) is 0 Å². The van der Waals surface area contributed by atoms with Gasteiger partial charge in [-0.2, -0.15) is 10.1 Å². The Morgan fingerprint density at radius 2 is 1.78 bits per heavy atom. The number of hydrogen-bond donors (Lipinski definition) is 1. The summed E-state index contributed by atoms with van der Waals surface area (Å²) in [5.41, 5.74) is 5.10. The van der Waals surface area contributed by atoms with E-state index in [0.717, 1.165) is 40.6 Å². The van der Waals surface area contributed by atoms with Crippen molar-refractivity contribution in [3.63, 3.8) is 0 Å². The summed E-state index contributed by atoms with van der Waals surface area (Å²) >= 11 is 0. The summed E-state index contributed by atoms with van der Waals surface area (Å²) in [7, 11) is 0. The maximum Gasteiger partial charge on any atom is 0.252 e. The van der Waals surface area contributed by atoms with Crippen LogP contribution in [-0.4, -0.2) is 19.7 Å². The van der Waals surface area contributed by atoms with Crippen molar-refractivity contribution >= 4 is 11.5 Å². The smallest absolute Gasteiger partial charge is 0.252 e. The van der Waals surface area contributed by atoms with Crippen molar-refractivity contribution in [1.29, 1.82) is 0 Å². The molecule has 2 heterocycles. The van der Waals surface area contributed by atoms with Crippen molar-refractivity contribution in [2.45, 2.75) is 34.1 Å². The fraction of sp³-hybridized carbons (Fsp3) is 0.278. The lowest BCUT2D eigenvalue weighted by molar-refractivity contribution is 0.765. The lowest BCUT2D eigenvalue weighted by Gasteiger charge is -2.14. The van der Waals surface area contributed by atoms with E-state index in [2.05, 4.69) is 22.3 Å². The van der Waals surface area contributed by atoms with Crippen molar-refractivity contribution in [3.8, 4) is 5.95 Å². The molecule has 1 aromatic carbocycles. The molecule has 3 rings (SSSR count). The van der Waals surface area contributed by atoms with Gasteiger partial charge in [-0.1, -0.05) is 25.1 Å². The van der Waals surface area contributed by atoms with E-state index in [-0.39, 0.29) is 0 Å². The summed E-state index contributed by atoms with van der Waals surface area (Å²) < 4.78 is 1.79. The van der Waals surface area contributed by atoms with Gasteiger partial charge in [0.15, 0.2) is 0 Å². The van der Waals surface area contributed by atoms with Crippen LogP contribution in [0.25, 0.3) is 5.95 Å². The molecule has 1 N–H and O–H groups in total. The third-order valence-corrected chi connectivity index (χ3v) is 3.79. The summed E-state index contributed by atoms with van der Waals surface area (Å²) in [5, 5.41) is 7.90. The van der Waals surface area contributed by atoms with Gasteiger partial charge in [-0.25, -0.2) is 9.67 Å².